The third-order valence-electron chi connectivity index (χ3n) is 3.28. The van der Waals surface area contributed by atoms with Crippen molar-refractivity contribution in [1.82, 2.24) is 15.4 Å². The maximum Gasteiger partial charge on any atom is 0.272 e. The quantitative estimate of drug-likeness (QED) is 0.755. The number of amides is 2. The lowest BCUT2D eigenvalue weighted by Gasteiger charge is -2.23. The summed E-state index contributed by atoms with van der Waals surface area (Å²) in [7, 11) is 0. The van der Waals surface area contributed by atoms with E-state index in [1.165, 1.54) is 11.2 Å². The zero-order chi connectivity index (χ0) is 17.5. The van der Waals surface area contributed by atoms with Gasteiger partial charge in [-0.25, -0.2) is 5.01 Å². The second-order valence-corrected chi connectivity index (χ2v) is 6.50. The topological polar surface area (TPSA) is 62.3 Å². The van der Waals surface area contributed by atoms with Crippen molar-refractivity contribution in [2.75, 3.05) is 6.54 Å². The van der Waals surface area contributed by atoms with E-state index in [-0.39, 0.29) is 11.8 Å². The fourth-order valence-electron chi connectivity index (χ4n) is 2.00. The van der Waals surface area contributed by atoms with Crippen molar-refractivity contribution in [3.63, 3.8) is 0 Å². The molecule has 0 aliphatic rings. The smallest absolute Gasteiger partial charge is 0.267 e. The summed E-state index contributed by atoms with van der Waals surface area (Å²) in [5.41, 5.74) is 3.49. The Labute approximate surface area is 154 Å². The van der Waals surface area contributed by atoms with Crippen LogP contribution in [-0.4, -0.2) is 28.4 Å². The molecule has 0 atom stereocenters. The van der Waals surface area contributed by atoms with Gasteiger partial charge >= 0.3 is 0 Å². The van der Waals surface area contributed by atoms with Crippen molar-refractivity contribution in [3.05, 3.63) is 63.3 Å². The first-order valence-corrected chi connectivity index (χ1v) is 8.67. The summed E-state index contributed by atoms with van der Waals surface area (Å²) in [6.07, 6.45) is 4.71. The van der Waals surface area contributed by atoms with Gasteiger partial charge in [0.2, 0.25) is 0 Å². The molecular weight excluding hydrogens is 394 g/mol. The zero-order valence-corrected chi connectivity index (χ0v) is 15.5. The third kappa shape index (κ3) is 5.04. The van der Waals surface area contributed by atoms with E-state index in [9.17, 15) is 9.59 Å². The van der Waals surface area contributed by atoms with E-state index in [2.05, 4.69) is 26.3 Å². The highest BCUT2D eigenvalue weighted by atomic mass is 79.9. The molecule has 1 heterocycles. The van der Waals surface area contributed by atoms with Gasteiger partial charge in [0.15, 0.2) is 0 Å². The van der Waals surface area contributed by atoms with Crippen molar-refractivity contribution >= 4 is 39.3 Å². The normalized spacial score (nSPS) is 10.3. The van der Waals surface area contributed by atoms with Crippen molar-refractivity contribution in [3.8, 4) is 0 Å². The van der Waals surface area contributed by atoms with Gasteiger partial charge in [0.1, 0.15) is 0 Å². The number of rotatable bonds is 5. The highest BCUT2D eigenvalue weighted by Gasteiger charge is 2.19. The molecule has 7 heteroatoms. The van der Waals surface area contributed by atoms with E-state index >= 15 is 0 Å². The van der Waals surface area contributed by atoms with Crippen LogP contribution in [0.5, 0.6) is 0 Å². The number of hydrogen-bond donors (Lipinski definition) is 1. The van der Waals surface area contributed by atoms with Crippen molar-refractivity contribution < 1.29 is 9.59 Å². The molecule has 1 N–H and O–H groups in total. The minimum absolute atomic E-state index is 0.281. The summed E-state index contributed by atoms with van der Waals surface area (Å²) in [5, 5.41) is 1.88. The Morgan fingerprint density at radius 3 is 2.54 bits per heavy atom. The molecule has 0 saturated heterocycles. The van der Waals surface area contributed by atoms with Crippen LogP contribution in [0.3, 0.4) is 0 Å². The van der Waals surface area contributed by atoms with Crippen LogP contribution >= 0.6 is 27.5 Å². The van der Waals surface area contributed by atoms with Crippen LogP contribution < -0.4 is 5.43 Å². The van der Waals surface area contributed by atoms with Gasteiger partial charge in [-0.05, 0) is 52.7 Å². The molecule has 0 radical (unpaired) electrons. The number of nitrogens with zero attached hydrogens (tertiary/aromatic N) is 2. The average molecular weight is 411 g/mol. The molecule has 24 heavy (non-hydrogen) atoms. The molecule has 0 fully saturated rings. The van der Waals surface area contributed by atoms with Gasteiger partial charge in [0.25, 0.3) is 11.8 Å². The predicted molar refractivity (Wildman–Crippen MR) is 96.8 cm³/mol. The second kappa shape index (κ2) is 8.80. The van der Waals surface area contributed by atoms with E-state index in [0.29, 0.717) is 27.2 Å². The summed E-state index contributed by atoms with van der Waals surface area (Å²) in [6.45, 7) is 2.44. The number of carbonyl (C=O) groups excluding carboxylic acids is 2. The van der Waals surface area contributed by atoms with Gasteiger partial charge < -0.3 is 0 Å². The maximum absolute atomic E-state index is 12.6. The standard InChI is InChI=1S/C17H17BrClN3O2/c1-2-3-8-22(17(24)12-4-6-15(19)7-5-12)21-16(23)13-9-14(18)11-20-10-13/h4-7,9-11H,2-3,8H2,1H3,(H,21,23). The molecule has 2 rings (SSSR count). The molecule has 126 valence electrons. The molecule has 0 spiro atoms. The molecule has 0 unspecified atom stereocenters. The number of hydrogen-bond acceptors (Lipinski definition) is 3. The molecule has 1 aromatic heterocycles. The summed E-state index contributed by atoms with van der Waals surface area (Å²) in [6, 6.07) is 8.21. The van der Waals surface area contributed by atoms with Gasteiger partial charge in [-0.3, -0.25) is 20.0 Å². The first-order chi connectivity index (χ1) is 11.5. The Morgan fingerprint density at radius 2 is 1.92 bits per heavy atom. The number of pyridine rings is 1. The second-order valence-electron chi connectivity index (χ2n) is 5.15. The lowest BCUT2D eigenvalue weighted by molar-refractivity contribution is 0.0580. The average Bonchev–Trinajstić information content (AvgIpc) is 2.58. The highest BCUT2D eigenvalue weighted by Crippen LogP contribution is 2.13. The van der Waals surface area contributed by atoms with Crippen LogP contribution in [0.1, 0.15) is 40.5 Å². The molecular formula is C17H17BrClN3O2. The van der Waals surface area contributed by atoms with Gasteiger partial charge in [-0.15, -0.1) is 0 Å². The van der Waals surface area contributed by atoms with Crippen LogP contribution in [0, 0.1) is 0 Å². The summed E-state index contributed by atoms with van der Waals surface area (Å²) < 4.78 is 0.694. The van der Waals surface area contributed by atoms with Gasteiger partial charge in [-0.2, -0.15) is 0 Å². The van der Waals surface area contributed by atoms with Gasteiger partial charge in [0.05, 0.1) is 5.56 Å². The Balaban J connectivity index is 2.16. The van der Waals surface area contributed by atoms with Crippen molar-refractivity contribution in [2.45, 2.75) is 19.8 Å². The molecule has 2 amide bonds. The van der Waals surface area contributed by atoms with Crippen LogP contribution in [-0.2, 0) is 0 Å². The van der Waals surface area contributed by atoms with Gasteiger partial charge in [-0.1, -0.05) is 24.9 Å². The van der Waals surface area contributed by atoms with Crippen LogP contribution in [0.2, 0.25) is 5.02 Å². The highest BCUT2D eigenvalue weighted by molar-refractivity contribution is 9.10. The summed E-state index contributed by atoms with van der Waals surface area (Å²) >= 11 is 9.13. The predicted octanol–water partition coefficient (Wildman–Crippen LogP) is 4.08. The Hall–Kier alpha value is -1.92. The number of benzene rings is 1. The Kier molecular flexibility index (Phi) is 6.75. The molecule has 0 bridgehead atoms. The van der Waals surface area contributed by atoms with E-state index in [1.54, 1.807) is 36.5 Å². The summed E-state index contributed by atoms with van der Waals surface area (Å²) in [4.78, 5) is 29.0. The first-order valence-electron chi connectivity index (χ1n) is 7.50. The minimum atomic E-state index is -0.387. The Morgan fingerprint density at radius 1 is 1.21 bits per heavy atom. The zero-order valence-electron chi connectivity index (χ0n) is 13.1. The van der Waals surface area contributed by atoms with Crippen LogP contribution in [0.4, 0.5) is 0 Å². The minimum Gasteiger partial charge on any atom is -0.267 e. The Bertz CT molecular complexity index is 722. The SMILES string of the molecule is CCCCN(NC(=O)c1cncc(Br)c1)C(=O)c1ccc(Cl)cc1. The van der Waals surface area contributed by atoms with E-state index in [4.69, 9.17) is 11.6 Å². The van der Waals surface area contributed by atoms with E-state index in [1.807, 2.05) is 6.92 Å². The number of hydrazine groups is 1. The van der Waals surface area contributed by atoms with Gasteiger partial charge in [0, 0.05) is 34.0 Å². The summed E-state index contributed by atoms with van der Waals surface area (Å²) in [5.74, 6) is -0.668. The number of aromatic nitrogens is 1. The molecule has 2 aromatic rings. The fourth-order valence-corrected chi connectivity index (χ4v) is 2.49. The van der Waals surface area contributed by atoms with E-state index in [0.717, 1.165) is 12.8 Å². The number of unbranched alkanes of at least 4 members (excludes halogenated alkanes) is 1. The lowest BCUT2D eigenvalue weighted by Crippen LogP contribution is -2.46. The van der Waals surface area contributed by atoms with Crippen molar-refractivity contribution in [1.29, 1.82) is 0 Å². The molecule has 0 aliphatic heterocycles. The number of halogens is 2. The van der Waals surface area contributed by atoms with Crippen LogP contribution in [0.25, 0.3) is 0 Å². The van der Waals surface area contributed by atoms with E-state index < -0.39 is 0 Å². The molecule has 5 nitrogen and oxygen atoms in total. The monoisotopic (exact) mass is 409 g/mol. The number of nitrogens with one attached hydrogen (secondary N) is 1. The third-order valence-corrected chi connectivity index (χ3v) is 3.96. The first kappa shape index (κ1) is 18.4. The number of carbonyl (C=O) groups is 2. The van der Waals surface area contributed by atoms with Crippen molar-refractivity contribution in [2.24, 2.45) is 0 Å². The lowest BCUT2D eigenvalue weighted by atomic mass is 10.2. The largest absolute Gasteiger partial charge is 0.272 e. The molecule has 0 saturated carbocycles. The fraction of sp³-hybridized carbons (Fsp3) is 0.235. The molecule has 1 aromatic carbocycles. The maximum atomic E-state index is 12.6. The van der Waals surface area contributed by atoms with Crippen LogP contribution in [0.15, 0.2) is 47.2 Å². The molecule has 0 aliphatic carbocycles.